The molecule has 8 heteroatoms. The number of Topliss-reactive ketones (excluding diaryl/α,β-unsaturated/α-hetero) is 1. The molecule has 0 saturated carbocycles. The lowest BCUT2D eigenvalue weighted by atomic mass is 10.1. The highest BCUT2D eigenvalue weighted by molar-refractivity contribution is 5.78. The third-order valence-electron chi connectivity index (χ3n) is 6.11. The molecule has 0 saturated heterocycles. The van der Waals surface area contributed by atoms with E-state index in [1.807, 2.05) is 0 Å². The second-order valence-corrected chi connectivity index (χ2v) is 9.72. The molecule has 212 valence electrons. The number of nitrogens with one attached hydrogen (secondary N) is 2. The molecule has 0 rings (SSSR count). The molecule has 2 N–H and O–H groups in total. The summed E-state index contributed by atoms with van der Waals surface area (Å²) in [6.07, 6.45) is 14.2. The van der Waals surface area contributed by atoms with Crippen LogP contribution >= 0.6 is 0 Å². The van der Waals surface area contributed by atoms with E-state index in [0.29, 0.717) is 70.5 Å². The van der Waals surface area contributed by atoms with Gasteiger partial charge in [0.1, 0.15) is 5.78 Å². The van der Waals surface area contributed by atoms with Crippen LogP contribution in [0.3, 0.4) is 0 Å². The third kappa shape index (κ3) is 25.6. The minimum Gasteiger partial charge on any atom is -0.385 e. The quantitative estimate of drug-likeness (QED) is 0.156. The second-order valence-electron chi connectivity index (χ2n) is 9.72. The molecule has 36 heavy (non-hydrogen) atoms. The molecule has 1 unspecified atom stereocenters. The molecule has 8 nitrogen and oxygen atoms in total. The highest BCUT2D eigenvalue weighted by Crippen LogP contribution is 2.10. The first kappa shape index (κ1) is 34.5. The van der Waals surface area contributed by atoms with Gasteiger partial charge in [-0.15, -0.1) is 0 Å². The minimum atomic E-state index is -0.0148. The molecule has 1 atom stereocenters. The molecular weight excluding hydrogens is 460 g/mol. The van der Waals surface area contributed by atoms with E-state index in [0.717, 1.165) is 44.9 Å². The van der Waals surface area contributed by atoms with E-state index < -0.39 is 0 Å². The Morgan fingerprint density at radius 1 is 0.611 bits per heavy atom. The molecule has 0 aliphatic rings. The van der Waals surface area contributed by atoms with Crippen LogP contribution in [0.2, 0.25) is 0 Å². The number of ketones is 1. The Hall–Kier alpha value is -1.51. The van der Waals surface area contributed by atoms with Crippen LogP contribution in [0, 0.1) is 5.92 Å². The van der Waals surface area contributed by atoms with Crippen molar-refractivity contribution in [2.75, 3.05) is 53.7 Å². The number of rotatable bonds is 27. The number of carbonyl (C=O) groups excluding carboxylic acids is 3. The highest BCUT2D eigenvalue weighted by atomic mass is 16.5. The predicted octanol–water partition coefficient (Wildman–Crippen LogP) is 4.58. The van der Waals surface area contributed by atoms with Crippen LogP contribution in [0.25, 0.3) is 0 Å². The molecule has 0 heterocycles. The fraction of sp³-hybridized carbons (Fsp3) is 0.893. The summed E-state index contributed by atoms with van der Waals surface area (Å²) in [5, 5.41) is 5.85. The van der Waals surface area contributed by atoms with E-state index in [1.165, 1.54) is 32.1 Å². The largest absolute Gasteiger partial charge is 0.385 e. The Morgan fingerprint density at radius 3 is 1.72 bits per heavy atom. The van der Waals surface area contributed by atoms with Crippen molar-refractivity contribution in [3.05, 3.63) is 0 Å². The average Bonchev–Trinajstić information content (AvgIpc) is 2.85. The summed E-state index contributed by atoms with van der Waals surface area (Å²) in [7, 11) is 3.38. The molecule has 2 amide bonds. The molecule has 0 bridgehead atoms. The van der Waals surface area contributed by atoms with Gasteiger partial charge in [0.05, 0.1) is 13.2 Å². The fourth-order valence-corrected chi connectivity index (χ4v) is 3.94. The van der Waals surface area contributed by atoms with Gasteiger partial charge in [-0.1, -0.05) is 44.9 Å². The number of methoxy groups -OCH3 is 2. The minimum absolute atomic E-state index is 0.0148. The number of ether oxygens (including phenoxy) is 3. The molecule has 0 aliphatic carbocycles. The van der Waals surface area contributed by atoms with E-state index in [9.17, 15) is 14.4 Å². The first-order valence-electron chi connectivity index (χ1n) is 14.1. The molecule has 0 spiro atoms. The number of carbonyl (C=O) groups is 3. The topological polar surface area (TPSA) is 103 Å². The SMILES string of the molecule is COCCC(COC)COCCCNC(=O)CCCC(=O)NCCCCCCCCCCCC(C)=O. The number of hydrogen-bond donors (Lipinski definition) is 2. The van der Waals surface area contributed by atoms with Crippen LogP contribution < -0.4 is 10.6 Å². The summed E-state index contributed by atoms with van der Waals surface area (Å²) in [4.78, 5) is 34.7. The zero-order valence-electron chi connectivity index (χ0n) is 23.4. The maximum absolute atomic E-state index is 11.9. The van der Waals surface area contributed by atoms with E-state index in [-0.39, 0.29) is 11.8 Å². The van der Waals surface area contributed by atoms with Gasteiger partial charge in [-0.05, 0) is 39.0 Å². The van der Waals surface area contributed by atoms with Crippen molar-refractivity contribution in [2.24, 2.45) is 5.92 Å². The zero-order chi connectivity index (χ0) is 26.7. The summed E-state index contributed by atoms with van der Waals surface area (Å²) < 4.78 is 16.0. The Morgan fingerprint density at radius 2 is 1.17 bits per heavy atom. The van der Waals surface area contributed by atoms with Crippen molar-refractivity contribution in [2.45, 2.75) is 103 Å². The first-order valence-corrected chi connectivity index (χ1v) is 14.1. The van der Waals surface area contributed by atoms with Crippen LogP contribution in [-0.2, 0) is 28.6 Å². The van der Waals surface area contributed by atoms with Crippen molar-refractivity contribution in [3.63, 3.8) is 0 Å². The van der Waals surface area contributed by atoms with Gasteiger partial charge in [0.15, 0.2) is 0 Å². The fourth-order valence-electron chi connectivity index (χ4n) is 3.94. The second kappa shape index (κ2) is 26.6. The van der Waals surface area contributed by atoms with Gasteiger partial charge in [0.25, 0.3) is 0 Å². The highest BCUT2D eigenvalue weighted by Gasteiger charge is 2.09. The monoisotopic (exact) mass is 514 g/mol. The Bertz CT molecular complexity index is 544. The van der Waals surface area contributed by atoms with Gasteiger partial charge in [0, 0.05) is 65.7 Å². The first-order chi connectivity index (χ1) is 17.5. The third-order valence-corrected chi connectivity index (χ3v) is 6.11. The molecule has 0 aromatic rings. The van der Waals surface area contributed by atoms with Gasteiger partial charge < -0.3 is 29.6 Å². The van der Waals surface area contributed by atoms with Gasteiger partial charge in [0.2, 0.25) is 11.8 Å². The molecular formula is C28H54N2O6. The maximum Gasteiger partial charge on any atom is 0.220 e. The Kier molecular flexibility index (Phi) is 25.4. The lowest BCUT2D eigenvalue weighted by Gasteiger charge is -2.15. The zero-order valence-corrected chi connectivity index (χ0v) is 23.4. The van der Waals surface area contributed by atoms with Gasteiger partial charge in [-0.3, -0.25) is 9.59 Å². The maximum atomic E-state index is 11.9. The van der Waals surface area contributed by atoms with Gasteiger partial charge >= 0.3 is 0 Å². The van der Waals surface area contributed by atoms with Gasteiger partial charge in [-0.25, -0.2) is 0 Å². The van der Waals surface area contributed by atoms with Crippen LogP contribution in [0.15, 0.2) is 0 Å². The van der Waals surface area contributed by atoms with E-state index in [4.69, 9.17) is 14.2 Å². The predicted molar refractivity (Wildman–Crippen MR) is 144 cm³/mol. The summed E-state index contributed by atoms with van der Waals surface area (Å²) in [6.45, 7) is 5.53. The van der Waals surface area contributed by atoms with Crippen molar-refractivity contribution in [3.8, 4) is 0 Å². The van der Waals surface area contributed by atoms with Gasteiger partial charge in [-0.2, -0.15) is 0 Å². The molecule has 0 aromatic carbocycles. The van der Waals surface area contributed by atoms with Crippen LogP contribution in [-0.4, -0.2) is 71.3 Å². The smallest absolute Gasteiger partial charge is 0.220 e. The van der Waals surface area contributed by atoms with Crippen LogP contribution in [0.4, 0.5) is 0 Å². The van der Waals surface area contributed by atoms with Crippen LogP contribution in [0.5, 0.6) is 0 Å². The lowest BCUT2D eigenvalue weighted by molar-refractivity contribution is -0.122. The Balaban J connectivity index is 3.45. The normalized spacial score (nSPS) is 11.9. The van der Waals surface area contributed by atoms with Crippen molar-refractivity contribution < 1.29 is 28.6 Å². The van der Waals surface area contributed by atoms with Crippen molar-refractivity contribution in [1.29, 1.82) is 0 Å². The van der Waals surface area contributed by atoms with E-state index >= 15 is 0 Å². The number of amides is 2. The molecule has 0 fully saturated rings. The summed E-state index contributed by atoms with van der Waals surface area (Å²) >= 11 is 0. The van der Waals surface area contributed by atoms with Crippen molar-refractivity contribution in [1.82, 2.24) is 10.6 Å². The Labute approximate surface area is 220 Å². The average molecular weight is 515 g/mol. The summed E-state index contributed by atoms with van der Waals surface area (Å²) in [6, 6.07) is 0. The standard InChI is InChI=1S/C28H54N2O6/c1-25(31)15-11-9-7-5-4-6-8-10-12-19-29-27(32)16-13-17-28(33)30-20-14-21-36-24-26(23-35-3)18-22-34-2/h26H,4-24H2,1-3H3,(H,29,32)(H,30,33). The molecule has 0 aliphatic heterocycles. The molecule has 0 radical (unpaired) electrons. The van der Waals surface area contributed by atoms with Crippen molar-refractivity contribution >= 4 is 17.6 Å². The number of hydrogen-bond acceptors (Lipinski definition) is 6. The van der Waals surface area contributed by atoms with E-state index in [2.05, 4.69) is 10.6 Å². The summed E-state index contributed by atoms with van der Waals surface area (Å²) in [5.41, 5.74) is 0. The summed E-state index contributed by atoms with van der Waals surface area (Å²) in [5.74, 6) is 0.628. The van der Waals surface area contributed by atoms with Crippen LogP contribution in [0.1, 0.15) is 103 Å². The number of unbranched alkanes of at least 4 members (excludes halogenated alkanes) is 8. The lowest BCUT2D eigenvalue weighted by Crippen LogP contribution is -2.27. The molecule has 0 aromatic heterocycles. The van der Waals surface area contributed by atoms with E-state index in [1.54, 1.807) is 21.1 Å².